The van der Waals surface area contributed by atoms with E-state index < -0.39 is 11.9 Å². The first-order valence-corrected chi connectivity index (χ1v) is 12.9. The lowest BCUT2D eigenvalue weighted by Gasteiger charge is -2.27. The zero-order valence-electron chi connectivity index (χ0n) is 22.6. The Kier molecular flexibility index (Phi) is 8.62. The van der Waals surface area contributed by atoms with Crippen molar-refractivity contribution in [3.63, 3.8) is 0 Å². The number of hydrogen-bond donors (Lipinski definition) is 1. The highest BCUT2D eigenvalue weighted by atomic mass is 16.6. The summed E-state index contributed by atoms with van der Waals surface area (Å²) in [5.41, 5.74) is 10.1. The average Bonchev–Trinajstić information content (AvgIpc) is 2.92. The zero-order chi connectivity index (χ0) is 27.9. The third kappa shape index (κ3) is 6.27. The largest absolute Gasteiger partial charge is 0.490 e. The summed E-state index contributed by atoms with van der Waals surface area (Å²) in [5, 5.41) is 9.91. The Morgan fingerprint density at radius 3 is 2.46 bits per heavy atom. The summed E-state index contributed by atoms with van der Waals surface area (Å²) < 4.78 is 28.5. The lowest BCUT2D eigenvalue weighted by atomic mass is 9.83. The van der Waals surface area contributed by atoms with Crippen LogP contribution < -0.4 is 29.4 Å². The van der Waals surface area contributed by atoms with Gasteiger partial charge in [-0.2, -0.15) is 5.26 Å². The topological polar surface area (TPSA) is 113 Å². The minimum absolute atomic E-state index is 0.0131. The molecule has 0 saturated carbocycles. The van der Waals surface area contributed by atoms with E-state index in [9.17, 15) is 10.1 Å². The van der Waals surface area contributed by atoms with Gasteiger partial charge < -0.3 is 29.4 Å². The van der Waals surface area contributed by atoms with Crippen molar-refractivity contribution in [2.24, 2.45) is 5.73 Å². The molecule has 1 heterocycles. The third-order valence-electron chi connectivity index (χ3n) is 6.32. The van der Waals surface area contributed by atoms with Crippen molar-refractivity contribution >= 4 is 5.97 Å². The first-order chi connectivity index (χ1) is 18.8. The highest BCUT2D eigenvalue weighted by molar-refractivity contribution is 5.74. The predicted octanol–water partition coefficient (Wildman–Crippen LogP) is 5.69. The molecule has 0 fully saturated rings. The number of benzene rings is 3. The summed E-state index contributed by atoms with van der Waals surface area (Å²) in [6.07, 6.45) is 0.864. The molecule has 1 aliphatic heterocycles. The van der Waals surface area contributed by atoms with E-state index in [0.29, 0.717) is 41.8 Å². The molecule has 0 saturated heterocycles. The van der Waals surface area contributed by atoms with Crippen LogP contribution in [-0.4, -0.2) is 25.8 Å². The average molecular weight is 529 g/mol. The maximum atomic E-state index is 12.5. The molecule has 1 atom stereocenters. The Morgan fingerprint density at radius 2 is 1.74 bits per heavy atom. The quantitative estimate of drug-likeness (QED) is 0.264. The van der Waals surface area contributed by atoms with E-state index in [-0.39, 0.29) is 23.8 Å². The van der Waals surface area contributed by atoms with Gasteiger partial charge in [0, 0.05) is 11.6 Å². The first-order valence-electron chi connectivity index (χ1n) is 12.9. The van der Waals surface area contributed by atoms with Crippen LogP contribution in [0.15, 0.2) is 66.1 Å². The second-order valence-corrected chi connectivity index (χ2v) is 9.12. The monoisotopic (exact) mass is 528 g/mol. The van der Waals surface area contributed by atoms with E-state index in [4.69, 9.17) is 29.4 Å². The number of hydrogen-bond acceptors (Lipinski definition) is 8. The Morgan fingerprint density at radius 1 is 0.949 bits per heavy atom. The van der Waals surface area contributed by atoms with Crippen LogP contribution in [0, 0.1) is 25.2 Å². The number of nitrogens with zero attached hydrogens (tertiary/aromatic N) is 1. The number of nitrogens with two attached hydrogens (primary N) is 1. The van der Waals surface area contributed by atoms with Gasteiger partial charge in [-0.25, -0.2) is 4.79 Å². The van der Waals surface area contributed by atoms with Crippen LogP contribution in [0.2, 0.25) is 0 Å². The smallest absolute Gasteiger partial charge is 0.349 e. The fourth-order valence-electron chi connectivity index (χ4n) is 4.25. The van der Waals surface area contributed by atoms with Gasteiger partial charge in [0.05, 0.1) is 19.1 Å². The number of nitriles is 1. The fourth-order valence-corrected chi connectivity index (χ4v) is 4.25. The molecule has 1 aliphatic rings. The van der Waals surface area contributed by atoms with Gasteiger partial charge in [-0.15, -0.1) is 0 Å². The van der Waals surface area contributed by atoms with Crippen molar-refractivity contribution < 1.29 is 28.5 Å². The summed E-state index contributed by atoms with van der Waals surface area (Å²) >= 11 is 0. The molecule has 8 nitrogen and oxygen atoms in total. The van der Waals surface area contributed by atoms with Gasteiger partial charge in [0.25, 0.3) is 0 Å². The Labute approximate surface area is 228 Å². The maximum absolute atomic E-state index is 12.5. The van der Waals surface area contributed by atoms with Crippen LogP contribution in [-0.2, 0) is 4.79 Å². The summed E-state index contributed by atoms with van der Waals surface area (Å²) in [7, 11) is 0. The molecule has 0 aliphatic carbocycles. The molecule has 0 radical (unpaired) electrons. The minimum atomic E-state index is -0.564. The van der Waals surface area contributed by atoms with Crippen molar-refractivity contribution in [1.82, 2.24) is 0 Å². The fraction of sp³-hybridized carbons (Fsp3) is 0.290. The van der Waals surface area contributed by atoms with Crippen molar-refractivity contribution in [3.8, 4) is 34.8 Å². The van der Waals surface area contributed by atoms with Gasteiger partial charge >= 0.3 is 5.97 Å². The minimum Gasteiger partial charge on any atom is -0.490 e. The molecule has 3 aromatic carbocycles. The Bertz CT molecular complexity index is 1440. The van der Waals surface area contributed by atoms with Crippen LogP contribution in [0.1, 0.15) is 48.4 Å². The Hall–Kier alpha value is -4.64. The molecular weight excluding hydrogens is 496 g/mol. The van der Waals surface area contributed by atoms with Crippen molar-refractivity contribution in [1.29, 1.82) is 5.26 Å². The second-order valence-electron chi connectivity index (χ2n) is 9.12. The summed E-state index contributed by atoms with van der Waals surface area (Å²) in [4.78, 5) is 12.5. The SMILES string of the molecule is CCCOc1ccc(C2C(C#N)=C(N)Oc3cc(OC(=O)COc4ccc(C)c(C)c4)ccc32)cc1OCC. The molecule has 2 N–H and O–H groups in total. The number of rotatable bonds is 10. The zero-order valence-corrected chi connectivity index (χ0v) is 22.6. The highest BCUT2D eigenvalue weighted by Crippen LogP contribution is 2.45. The van der Waals surface area contributed by atoms with E-state index >= 15 is 0 Å². The summed E-state index contributed by atoms with van der Waals surface area (Å²) in [6, 6.07) is 18.4. The van der Waals surface area contributed by atoms with Gasteiger partial charge in [0.2, 0.25) is 5.88 Å². The van der Waals surface area contributed by atoms with Gasteiger partial charge in [-0.1, -0.05) is 25.1 Å². The molecule has 1 unspecified atom stereocenters. The van der Waals surface area contributed by atoms with Crippen LogP contribution in [0.4, 0.5) is 0 Å². The Balaban J connectivity index is 1.57. The van der Waals surface area contributed by atoms with Crippen LogP contribution in [0.5, 0.6) is 28.7 Å². The number of fused-ring (bicyclic) bond motifs is 1. The number of allylic oxidation sites excluding steroid dienone is 1. The van der Waals surface area contributed by atoms with Crippen molar-refractivity contribution in [2.75, 3.05) is 19.8 Å². The molecule has 39 heavy (non-hydrogen) atoms. The normalized spacial score (nSPS) is 14.1. The van der Waals surface area contributed by atoms with Gasteiger partial charge in [-0.3, -0.25) is 0 Å². The molecule has 3 aromatic rings. The van der Waals surface area contributed by atoms with Crippen LogP contribution >= 0.6 is 0 Å². The molecule has 0 aromatic heterocycles. The van der Waals surface area contributed by atoms with E-state index in [0.717, 1.165) is 23.1 Å². The number of esters is 1. The molecule has 0 spiro atoms. The molecule has 0 amide bonds. The molecular formula is C31H32N2O6. The van der Waals surface area contributed by atoms with E-state index in [2.05, 4.69) is 6.07 Å². The molecule has 202 valence electrons. The second kappa shape index (κ2) is 12.3. The lowest BCUT2D eigenvalue weighted by Crippen LogP contribution is -2.22. The highest BCUT2D eigenvalue weighted by Gasteiger charge is 2.32. The number of carbonyl (C=O) groups excluding carboxylic acids is 1. The molecule has 0 bridgehead atoms. The van der Waals surface area contributed by atoms with Crippen molar-refractivity contribution in [2.45, 2.75) is 40.0 Å². The number of carbonyl (C=O) groups is 1. The van der Waals surface area contributed by atoms with E-state index in [1.165, 1.54) is 0 Å². The number of ether oxygens (including phenoxy) is 5. The maximum Gasteiger partial charge on any atom is 0.349 e. The van der Waals surface area contributed by atoms with Crippen LogP contribution in [0.3, 0.4) is 0 Å². The first kappa shape index (κ1) is 27.4. The third-order valence-corrected chi connectivity index (χ3v) is 6.32. The standard InChI is InChI=1S/C31H32N2O6/c1-5-13-36-26-12-8-21(15-28(26)35-6-2)30-24-11-10-23(16-27(24)39-31(33)25(30)17-32)38-29(34)18-37-22-9-7-19(3)20(4)14-22/h7-12,14-16,30H,5-6,13,18,33H2,1-4H3. The number of aryl methyl sites for hydroxylation is 2. The van der Waals surface area contributed by atoms with E-state index in [1.807, 2.05) is 64.1 Å². The van der Waals surface area contributed by atoms with E-state index in [1.54, 1.807) is 18.2 Å². The van der Waals surface area contributed by atoms with Gasteiger partial charge in [0.1, 0.15) is 28.9 Å². The lowest BCUT2D eigenvalue weighted by molar-refractivity contribution is -0.136. The summed E-state index contributed by atoms with van der Waals surface area (Å²) in [5.74, 6) is 1.39. The molecule has 8 heteroatoms. The van der Waals surface area contributed by atoms with Gasteiger partial charge in [-0.05, 0) is 74.2 Å². The molecule has 4 rings (SSSR count). The van der Waals surface area contributed by atoms with Crippen molar-refractivity contribution in [3.05, 3.63) is 88.3 Å². The predicted molar refractivity (Wildman–Crippen MR) is 146 cm³/mol. The summed E-state index contributed by atoms with van der Waals surface area (Å²) in [6.45, 7) is 8.68. The van der Waals surface area contributed by atoms with Gasteiger partial charge in [0.15, 0.2) is 18.1 Å². The van der Waals surface area contributed by atoms with Crippen LogP contribution in [0.25, 0.3) is 0 Å².